The number of aryl methyl sites for hydroxylation is 1. The van der Waals surface area contributed by atoms with Gasteiger partial charge in [-0.05, 0) is 47.9 Å². The largest absolute Gasteiger partial charge is 0.497 e. The SMILES string of the molecule is COc1ccc2c(c1)CC(NCC(C)(C)C)CC2. The Morgan fingerprint density at radius 1 is 1.28 bits per heavy atom. The molecule has 0 amide bonds. The molecule has 100 valence electrons. The van der Waals surface area contributed by atoms with Crippen LogP contribution < -0.4 is 10.1 Å². The third kappa shape index (κ3) is 3.49. The van der Waals surface area contributed by atoms with Gasteiger partial charge in [-0.25, -0.2) is 0 Å². The van der Waals surface area contributed by atoms with Gasteiger partial charge in [0, 0.05) is 12.6 Å². The first-order valence-electron chi connectivity index (χ1n) is 6.87. The standard InChI is InChI=1S/C16H25NO/c1-16(2,3)11-17-14-7-5-12-6-8-15(18-4)10-13(12)9-14/h6,8,10,14,17H,5,7,9,11H2,1-4H3. The van der Waals surface area contributed by atoms with Crippen LogP contribution in [0.4, 0.5) is 0 Å². The smallest absolute Gasteiger partial charge is 0.119 e. The molecule has 1 unspecified atom stereocenters. The molecular weight excluding hydrogens is 222 g/mol. The molecule has 18 heavy (non-hydrogen) atoms. The fraction of sp³-hybridized carbons (Fsp3) is 0.625. The molecule has 0 heterocycles. The van der Waals surface area contributed by atoms with Gasteiger partial charge in [0.05, 0.1) is 7.11 Å². The molecule has 2 nitrogen and oxygen atoms in total. The maximum absolute atomic E-state index is 5.31. The average molecular weight is 247 g/mol. The highest BCUT2D eigenvalue weighted by Gasteiger charge is 2.20. The van der Waals surface area contributed by atoms with E-state index >= 15 is 0 Å². The van der Waals surface area contributed by atoms with Gasteiger partial charge in [0.1, 0.15) is 5.75 Å². The highest BCUT2D eigenvalue weighted by Crippen LogP contribution is 2.26. The lowest BCUT2D eigenvalue weighted by molar-refractivity contribution is 0.336. The molecule has 1 aromatic rings. The quantitative estimate of drug-likeness (QED) is 0.885. The van der Waals surface area contributed by atoms with Crippen molar-refractivity contribution >= 4 is 0 Å². The molecule has 1 aliphatic rings. The van der Waals surface area contributed by atoms with Gasteiger partial charge in [-0.15, -0.1) is 0 Å². The van der Waals surface area contributed by atoms with Crippen LogP contribution in [-0.2, 0) is 12.8 Å². The molecule has 1 aromatic carbocycles. The molecule has 1 N–H and O–H groups in total. The minimum atomic E-state index is 0.356. The van der Waals surface area contributed by atoms with E-state index in [0.717, 1.165) is 18.7 Å². The van der Waals surface area contributed by atoms with Gasteiger partial charge >= 0.3 is 0 Å². The zero-order valence-electron chi connectivity index (χ0n) is 12.0. The Labute approximate surface area is 111 Å². The molecule has 0 spiro atoms. The van der Waals surface area contributed by atoms with Crippen LogP contribution in [0, 0.1) is 5.41 Å². The van der Waals surface area contributed by atoms with E-state index in [4.69, 9.17) is 4.74 Å². The second-order valence-corrected chi connectivity index (χ2v) is 6.52. The molecule has 1 atom stereocenters. The summed E-state index contributed by atoms with van der Waals surface area (Å²) < 4.78 is 5.31. The minimum Gasteiger partial charge on any atom is -0.497 e. The van der Waals surface area contributed by atoms with Crippen LogP contribution in [0.15, 0.2) is 18.2 Å². The van der Waals surface area contributed by atoms with Crippen LogP contribution in [-0.4, -0.2) is 19.7 Å². The highest BCUT2D eigenvalue weighted by molar-refractivity contribution is 5.37. The van der Waals surface area contributed by atoms with E-state index in [1.54, 1.807) is 7.11 Å². The van der Waals surface area contributed by atoms with Gasteiger partial charge in [-0.1, -0.05) is 26.8 Å². The number of benzene rings is 1. The normalized spacial score (nSPS) is 19.4. The number of hydrogen-bond donors (Lipinski definition) is 1. The van der Waals surface area contributed by atoms with Crippen LogP contribution in [0.3, 0.4) is 0 Å². The van der Waals surface area contributed by atoms with Crippen LogP contribution in [0.5, 0.6) is 5.75 Å². The summed E-state index contributed by atoms with van der Waals surface area (Å²) in [4.78, 5) is 0. The number of rotatable bonds is 3. The van der Waals surface area contributed by atoms with Crippen molar-refractivity contribution in [2.24, 2.45) is 5.41 Å². The summed E-state index contributed by atoms with van der Waals surface area (Å²) in [5.41, 5.74) is 3.30. The third-order valence-electron chi connectivity index (χ3n) is 3.56. The predicted molar refractivity (Wildman–Crippen MR) is 76.3 cm³/mol. The molecule has 0 radical (unpaired) electrons. The van der Waals surface area contributed by atoms with E-state index < -0.39 is 0 Å². The van der Waals surface area contributed by atoms with Crippen LogP contribution in [0.25, 0.3) is 0 Å². The number of methoxy groups -OCH3 is 1. The molecule has 0 fully saturated rings. The predicted octanol–water partition coefficient (Wildman–Crippen LogP) is 3.19. The van der Waals surface area contributed by atoms with Crippen molar-refractivity contribution in [1.29, 1.82) is 0 Å². The van der Waals surface area contributed by atoms with E-state index in [1.165, 1.54) is 24.0 Å². The molecule has 0 aromatic heterocycles. The third-order valence-corrected chi connectivity index (χ3v) is 3.56. The van der Waals surface area contributed by atoms with Crippen molar-refractivity contribution < 1.29 is 4.74 Å². The Balaban J connectivity index is 2.00. The zero-order valence-corrected chi connectivity index (χ0v) is 12.0. The van der Waals surface area contributed by atoms with E-state index in [0.29, 0.717) is 11.5 Å². The van der Waals surface area contributed by atoms with Crippen LogP contribution in [0.1, 0.15) is 38.3 Å². The van der Waals surface area contributed by atoms with Gasteiger partial charge in [0.25, 0.3) is 0 Å². The van der Waals surface area contributed by atoms with E-state index in [2.05, 4.69) is 44.3 Å². The molecule has 2 rings (SSSR count). The molecule has 0 aliphatic heterocycles. The summed E-state index contributed by atoms with van der Waals surface area (Å²) in [6.45, 7) is 7.91. The summed E-state index contributed by atoms with van der Waals surface area (Å²) in [5, 5.41) is 3.70. The Bertz CT molecular complexity index is 406. The summed E-state index contributed by atoms with van der Waals surface area (Å²) in [7, 11) is 1.74. The van der Waals surface area contributed by atoms with Crippen LogP contribution in [0.2, 0.25) is 0 Å². The molecule has 0 saturated heterocycles. The van der Waals surface area contributed by atoms with Gasteiger partial charge in [-0.3, -0.25) is 0 Å². The molecule has 0 bridgehead atoms. The molecular formula is C16H25NO. The maximum Gasteiger partial charge on any atom is 0.119 e. The summed E-state index contributed by atoms with van der Waals surface area (Å²) in [6.07, 6.45) is 3.55. The van der Waals surface area contributed by atoms with Crippen molar-refractivity contribution in [2.75, 3.05) is 13.7 Å². The summed E-state index contributed by atoms with van der Waals surface area (Å²) in [5.74, 6) is 0.977. The van der Waals surface area contributed by atoms with Gasteiger partial charge in [0.2, 0.25) is 0 Å². The second kappa shape index (κ2) is 5.31. The first kappa shape index (κ1) is 13.4. The van der Waals surface area contributed by atoms with Crippen molar-refractivity contribution in [1.82, 2.24) is 5.32 Å². The lowest BCUT2D eigenvalue weighted by atomic mass is 9.87. The van der Waals surface area contributed by atoms with Crippen LogP contribution >= 0.6 is 0 Å². The minimum absolute atomic E-state index is 0.356. The lowest BCUT2D eigenvalue weighted by Gasteiger charge is -2.29. The van der Waals surface area contributed by atoms with E-state index in [1.807, 2.05) is 0 Å². The average Bonchev–Trinajstić information content (AvgIpc) is 2.34. The Morgan fingerprint density at radius 3 is 2.72 bits per heavy atom. The van der Waals surface area contributed by atoms with Crippen molar-refractivity contribution in [3.63, 3.8) is 0 Å². The van der Waals surface area contributed by atoms with Gasteiger partial charge in [0.15, 0.2) is 0 Å². The first-order valence-corrected chi connectivity index (χ1v) is 6.87. The van der Waals surface area contributed by atoms with Crippen molar-refractivity contribution in [3.8, 4) is 5.75 Å². The van der Waals surface area contributed by atoms with Crippen molar-refractivity contribution in [2.45, 2.75) is 46.1 Å². The monoisotopic (exact) mass is 247 g/mol. The number of nitrogens with one attached hydrogen (secondary N) is 1. The topological polar surface area (TPSA) is 21.3 Å². The van der Waals surface area contributed by atoms with E-state index in [-0.39, 0.29) is 0 Å². The highest BCUT2D eigenvalue weighted by atomic mass is 16.5. The molecule has 2 heteroatoms. The summed E-state index contributed by atoms with van der Waals surface area (Å²) >= 11 is 0. The zero-order chi connectivity index (χ0) is 13.2. The first-order chi connectivity index (χ1) is 8.48. The Kier molecular flexibility index (Phi) is 3.96. The number of fused-ring (bicyclic) bond motifs is 1. The fourth-order valence-corrected chi connectivity index (χ4v) is 2.49. The fourth-order valence-electron chi connectivity index (χ4n) is 2.49. The number of ether oxygens (including phenoxy) is 1. The maximum atomic E-state index is 5.31. The number of hydrogen-bond acceptors (Lipinski definition) is 2. The Hall–Kier alpha value is -1.02. The van der Waals surface area contributed by atoms with Crippen molar-refractivity contribution in [3.05, 3.63) is 29.3 Å². The second-order valence-electron chi connectivity index (χ2n) is 6.52. The van der Waals surface area contributed by atoms with E-state index in [9.17, 15) is 0 Å². The summed E-state index contributed by atoms with van der Waals surface area (Å²) in [6, 6.07) is 7.10. The Morgan fingerprint density at radius 2 is 2.06 bits per heavy atom. The molecule has 1 aliphatic carbocycles. The lowest BCUT2D eigenvalue weighted by Crippen LogP contribution is -2.39. The van der Waals surface area contributed by atoms with Gasteiger partial charge < -0.3 is 10.1 Å². The molecule has 0 saturated carbocycles. The van der Waals surface area contributed by atoms with Gasteiger partial charge in [-0.2, -0.15) is 0 Å².